The molecule has 0 radical (unpaired) electrons. The van der Waals surface area contributed by atoms with Crippen LogP contribution >= 0.6 is 78.3 Å². The van der Waals surface area contributed by atoms with Crippen molar-refractivity contribution < 1.29 is 19.7 Å². The maximum absolute atomic E-state index is 13.6. The van der Waals surface area contributed by atoms with Crippen molar-refractivity contribution >= 4 is 84.2 Å². The first-order chi connectivity index (χ1) is 17.6. The molecule has 0 unspecified atom stereocenters. The molecule has 38 heavy (non-hydrogen) atoms. The number of phenols is 2. The van der Waals surface area contributed by atoms with Crippen molar-refractivity contribution in [3.63, 3.8) is 0 Å². The number of hydrogen-bond acceptors (Lipinski definition) is 4. The molecule has 0 aromatic heterocycles. The molecule has 0 saturated heterocycles. The lowest BCUT2D eigenvalue weighted by Crippen LogP contribution is -2.32. The molecule has 0 atom stereocenters. The zero-order valence-corrected chi connectivity index (χ0v) is 27.5. The normalized spacial score (nSPS) is 14.4. The lowest BCUT2D eigenvalue weighted by molar-refractivity contribution is 0.0247. The average Bonchev–Trinajstić information content (AvgIpc) is 3.16. The predicted molar refractivity (Wildman–Crippen MR) is 161 cm³/mol. The first-order valence-corrected chi connectivity index (χ1v) is 14.8. The second-order valence-electron chi connectivity index (χ2n) is 9.99. The Morgan fingerprint density at radius 2 is 1.16 bits per heavy atom. The van der Waals surface area contributed by atoms with Crippen LogP contribution < -0.4 is 0 Å². The van der Waals surface area contributed by atoms with Crippen molar-refractivity contribution in [3.8, 4) is 11.5 Å². The van der Waals surface area contributed by atoms with E-state index in [1.807, 2.05) is 39.8 Å². The number of fused-ring (bicyclic) bond motifs is 1. The Morgan fingerprint density at radius 1 is 0.763 bits per heavy atom. The highest BCUT2D eigenvalue weighted by molar-refractivity contribution is 9.11. The van der Waals surface area contributed by atoms with Gasteiger partial charge in [0.1, 0.15) is 11.5 Å². The van der Waals surface area contributed by atoms with Crippen LogP contribution in [-0.2, 0) is 10.3 Å². The van der Waals surface area contributed by atoms with Crippen molar-refractivity contribution in [1.82, 2.24) is 0 Å². The largest absolute Gasteiger partial charge is 0.506 e. The van der Waals surface area contributed by atoms with Gasteiger partial charge in [-0.2, -0.15) is 0 Å². The zero-order chi connectivity index (χ0) is 28.6. The van der Waals surface area contributed by atoms with Gasteiger partial charge in [-0.15, -0.1) is 0 Å². The first-order valence-electron chi connectivity index (χ1n) is 11.7. The maximum atomic E-state index is 13.6. The minimum absolute atomic E-state index is 0.00968. The topological polar surface area (TPSA) is 66.8 Å². The highest BCUT2D eigenvalue weighted by Crippen LogP contribution is 2.59. The van der Waals surface area contributed by atoms with E-state index in [9.17, 15) is 15.0 Å². The van der Waals surface area contributed by atoms with Crippen LogP contribution in [0.5, 0.6) is 11.5 Å². The minimum atomic E-state index is -1.64. The Balaban J connectivity index is 2.34. The molecule has 0 fully saturated rings. The van der Waals surface area contributed by atoms with Gasteiger partial charge in [-0.05, 0) is 91.9 Å². The Bertz CT molecular complexity index is 1460. The summed E-state index contributed by atoms with van der Waals surface area (Å²) in [6, 6.07) is 3.62. The molecule has 0 bridgehead atoms. The van der Waals surface area contributed by atoms with Gasteiger partial charge in [-0.25, -0.2) is 4.79 Å². The summed E-state index contributed by atoms with van der Waals surface area (Å²) in [5.74, 6) is -0.705. The zero-order valence-electron chi connectivity index (χ0n) is 21.3. The Morgan fingerprint density at radius 3 is 1.55 bits per heavy atom. The molecule has 4 nitrogen and oxygen atoms in total. The van der Waals surface area contributed by atoms with Crippen molar-refractivity contribution in [1.29, 1.82) is 0 Å². The molecule has 4 rings (SSSR count). The van der Waals surface area contributed by atoms with Crippen molar-refractivity contribution in [2.24, 2.45) is 0 Å². The molecule has 1 aliphatic rings. The molecule has 202 valence electrons. The highest BCUT2D eigenvalue weighted by Gasteiger charge is 2.54. The quantitative estimate of drug-likeness (QED) is 0.160. The van der Waals surface area contributed by atoms with Gasteiger partial charge in [0.2, 0.25) is 0 Å². The van der Waals surface area contributed by atoms with Gasteiger partial charge in [0.25, 0.3) is 0 Å². The van der Waals surface area contributed by atoms with Crippen LogP contribution in [0.1, 0.15) is 88.8 Å². The second-order valence-corrected chi connectivity index (χ2v) is 13.1. The summed E-state index contributed by atoms with van der Waals surface area (Å²) in [5.41, 5.74) is 2.18. The summed E-state index contributed by atoms with van der Waals surface area (Å²) in [6.07, 6.45) is 0. The van der Waals surface area contributed by atoms with E-state index in [0.29, 0.717) is 42.3 Å². The minimum Gasteiger partial charge on any atom is -0.506 e. The number of phenolic OH excluding ortho intramolecular Hbond substituents is 2. The molecule has 3 aromatic carbocycles. The monoisotopic (exact) mass is 722 g/mol. The lowest BCUT2D eigenvalue weighted by Gasteiger charge is -2.35. The number of cyclic esters (lactones) is 1. The molecule has 0 spiro atoms. The number of aromatic hydroxyl groups is 2. The molecule has 0 aliphatic carbocycles. The van der Waals surface area contributed by atoms with E-state index < -0.39 is 11.6 Å². The van der Waals surface area contributed by atoms with Crippen LogP contribution in [0.2, 0.25) is 20.1 Å². The lowest BCUT2D eigenvalue weighted by atomic mass is 9.74. The van der Waals surface area contributed by atoms with E-state index in [0.717, 1.165) is 0 Å². The molecule has 1 heterocycles. The summed E-state index contributed by atoms with van der Waals surface area (Å²) < 4.78 is 7.25. The Hall–Kier alpha value is -1.15. The average molecular weight is 726 g/mol. The van der Waals surface area contributed by atoms with Gasteiger partial charge in [-0.1, -0.05) is 74.1 Å². The van der Waals surface area contributed by atoms with E-state index in [-0.39, 0.29) is 54.6 Å². The third kappa shape index (κ3) is 4.17. The summed E-state index contributed by atoms with van der Waals surface area (Å²) >= 11 is 33.5. The van der Waals surface area contributed by atoms with Crippen molar-refractivity contribution in [2.45, 2.75) is 59.0 Å². The molecule has 2 N–H and O–H groups in total. The summed E-state index contributed by atoms with van der Waals surface area (Å²) in [4.78, 5) is 13.6. The van der Waals surface area contributed by atoms with Crippen molar-refractivity contribution in [2.75, 3.05) is 0 Å². The fourth-order valence-electron chi connectivity index (χ4n) is 5.04. The highest BCUT2D eigenvalue weighted by atomic mass is 79.9. The first kappa shape index (κ1) is 29.8. The number of benzene rings is 3. The number of ether oxygens (including phenoxy) is 1. The molecule has 0 saturated carbocycles. The molecular formula is C28H24Br2Cl4O4. The third-order valence-electron chi connectivity index (χ3n) is 7.10. The van der Waals surface area contributed by atoms with E-state index in [2.05, 4.69) is 31.9 Å². The fraction of sp³-hybridized carbons (Fsp3) is 0.321. The van der Waals surface area contributed by atoms with Crippen LogP contribution in [0, 0.1) is 13.8 Å². The molecule has 10 heteroatoms. The van der Waals surface area contributed by atoms with Gasteiger partial charge in [-0.3, -0.25) is 0 Å². The summed E-state index contributed by atoms with van der Waals surface area (Å²) in [6.45, 7) is 11.4. The number of rotatable bonds is 4. The molecule has 0 amide bonds. The maximum Gasteiger partial charge on any atom is 0.341 e. The van der Waals surface area contributed by atoms with Gasteiger partial charge in [0, 0.05) is 16.7 Å². The molecule has 3 aromatic rings. The number of carbonyl (C=O) groups excluding carboxylic acids is 1. The third-order valence-corrected chi connectivity index (χ3v) is 10.8. The van der Waals surface area contributed by atoms with Gasteiger partial charge in [0.05, 0.1) is 34.6 Å². The SMILES string of the molecule is Cc1c(C2(c3cc(C(C)C)c(O)c(Br)c3C)OC(=O)c3c(Cl)c(Cl)c(Cl)c(Cl)c32)cc(C(C)C)c(O)c1Br. The fourth-order valence-corrected chi connectivity index (χ4v) is 6.99. The summed E-state index contributed by atoms with van der Waals surface area (Å²) in [5, 5.41) is 21.8. The molecule has 1 aliphatic heterocycles. The standard InChI is InChI=1S/C28H24Br2Cl4O4/c1-9(2)13-7-15(11(5)19(29)25(13)35)28(16-8-14(10(3)4)26(36)20(30)12(16)6)18-17(27(37)38-28)21(31)23(33)24(34)22(18)32/h7-10,35-36H,1-6H3. The van der Waals surface area contributed by atoms with Gasteiger partial charge >= 0.3 is 5.97 Å². The van der Waals surface area contributed by atoms with Crippen LogP contribution in [0.4, 0.5) is 0 Å². The number of carbonyl (C=O) groups is 1. The number of halogens is 6. The van der Waals surface area contributed by atoms with Gasteiger partial charge in [0.15, 0.2) is 5.60 Å². The van der Waals surface area contributed by atoms with Crippen LogP contribution in [-0.4, -0.2) is 16.2 Å². The second kappa shape index (κ2) is 10.4. The Kier molecular flexibility index (Phi) is 8.13. The summed E-state index contributed by atoms with van der Waals surface area (Å²) in [7, 11) is 0. The van der Waals surface area contributed by atoms with Crippen LogP contribution in [0.15, 0.2) is 21.1 Å². The van der Waals surface area contributed by atoms with Gasteiger partial charge < -0.3 is 14.9 Å². The predicted octanol–water partition coefficient (Wildman–Crippen LogP) is 10.6. The van der Waals surface area contributed by atoms with E-state index in [1.165, 1.54) is 0 Å². The van der Waals surface area contributed by atoms with E-state index in [4.69, 9.17) is 51.1 Å². The van der Waals surface area contributed by atoms with Crippen LogP contribution in [0.3, 0.4) is 0 Å². The van der Waals surface area contributed by atoms with E-state index >= 15 is 0 Å². The smallest absolute Gasteiger partial charge is 0.341 e. The van der Waals surface area contributed by atoms with Crippen molar-refractivity contribution in [3.05, 3.63) is 85.7 Å². The number of esters is 1. The number of hydrogen-bond donors (Lipinski definition) is 2. The Labute approximate surface area is 258 Å². The van der Waals surface area contributed by atoms with E-state index in [1.54, 1.807) is 13.8 Å². The molecular weight excluding hydrogens is 702 g/mol. The van der Waals surface area contributed by atoms with Crippen LogP contribution in [0.25, 0.3) is 0 Å².